The summed E-state index contributed by atoms with van der Waals surface area (Å²) in [6.07, 6.45) is 2.96. The van der Waals surface area contributed by atoms with Gasteiger partial charge in [0.1, 0.15) is 0 Å². The lowest BCUT2D eigenvalue weighted by Crippen LogP contribution is -2.11. The van der Waals surface area contributed by atoms with Crippen LogP contribution in [-0.2, 0) is 11.2 Å². The summed E-state index contributed by atoms with van der Waals surface area (Å²) in [6, 6.07) is 5.95. The normalized spacial score (nSPS) is 14.2. The SMILES string of the molecule is O=CNc1ccc2c(c1)CCCN2. The van der Waals surface area contributed by atoms with E-state index in [9.17, 15) is 4.79 Å². The maximum absolute atomic E-state index is 10.2. The minimum Gasteiger partial charge on any atom is -0.385 e. The minimum atomic E-state index is 0.706. The van der Waals surface area contributed by atoms with Crippen LogP contribution in [0.3, 0.4) is 0 Å². The highest BCUT2D eigenvalue weighted by molar-refractivity contribution is 5.73. The monoisotopic (exact) mass is 176 g/mol. The van der Waals surface area contributed by atoms with Crippen LogP contribution in [0.1, 0.15) is 12.0 Å². The molecule has 0 radical (unpaired) electrons. The van der Waals surface area contributed by atoms with Crippen LogP contribution in [0.25, 0.3) is 0 Å². The number of fused-ring (bicyclic) bond motifs is 1. The second-order valence-electron chi connectivity index (χ2n) is 3.16. The van der Waals surface area contributed by atoms with Gasteiger partial charge in [0, 0.05) is 17.9 Å². The maximum Gasteiger partial charge on any atom is 0.211 e. The first-order valence-electron chi connectivity index (χ1n) is 4.47. The molecular weight excluding hydrogens is 164 g/mol. The first kappa shape index (κ1) is 8.10. The Bertz CT molecular complexity index is 323. The van der Waals surface area contributed by atoms with E-state index >= 15 is 0 Å². The second kappa shape index (κ2) is 3.47. The van der Waals surface area contributed by atoms with Crippen LogP contribution >= 0.6 is 0 Å². The van der Waals surface area contributed by atoms with Gasteiger partial charge in [-0.25, -0.2) is 0 Å². The Morgan fingerprint density at radius 3 is 3.23 bits per heavy atom. The standard InChI is InChI=1S/C10H12N2O/c13-7-12-9-3-4-10-8(6-9)2-1-5-11-10/h3-4,6-7,11H,1-2,5H2,(H,12,13). The molecule has 0 bridgehead atoms. The second-order valence-corrected chi connectivity index (χ2v) is 3.16. The fraction of sp³-hybridized carbons (Fsp3) is 0.300. The number of hydrogen-bond donors (Lipinski definition) is 2. The van der Waals surface area contributed by atoms with Gasteiger partial charge in [0.15, 0.2) is 0 Å². The lowest BCUT2D eigenvalue weighted by molar-refractivity contribution is -0.105. The Morgan fingerprint density at radius 1 is 1.46 bits per heavy atom. The van der Waals surface area contributed by atoms with Crippen molar-refractivity contribution in [1.29, 1.82) is 0 Å². The molecule has 1 aromatic carbocycles. The van der Waals surface area contributed by atoms with Gasteiger partial charge in [-0.05, 0) is 36.6 Å². The lowest BCUT2D eigenvalue weighted by Gasteiger charge is -2.18. The molecule has 1 aliphatic heterocycles. The van der Waals surface area contributed by atoms with Gasteiger partial charge in [0.2, 0.25) is 6.41 Å². The number of carbonyl (C=O) groups is 1. The Morgan fingerprint density at radius 2 is 2.38 bits per heavy atom. The van der Waals surface area contributed by atoms with Crippen molar-refractivity contribution in [3.05, 3.63) is 23.8 Å². The van der Waals surface area contributed by atoms with Crippen LogP contribution in [0.15, 0.2) is 18.2 Å². The number of carbonyl (C=O) groups excluding carboxylic acids is 1. The fourth-order valence-electron chi connectivity index (χ4n) is 1.63. The number of nitrogens with one attached hydrogen (secondary N) is 2. The summed E-state index contributed by atoms with van der Waals surface area (Å²) in [6.45, 7) is 1.05. The molecule has 0 unspecified atom stereocenters. The van der Waals surface area contributed by atoms with Crippen LogP contribution in [-0.4, -0.2) is 13.0 Å². The van der Waals surface area contributed by atoms with Crippen LogP contribution in [0.4, 0.5) is 11.4 Å². The molecule has 0 atom stereocenters. The molecule has 0 saturated carbocycles. The van der Waals surface area contributed by atoms with Crippen molar-refractivity contribution < 1.29 is 4.79 Å². The van der Waals surface area contributed by atoms with Crippen molar-refractivity contribution in [3.63, 3.8) is 0 Å². The highest BCUT2D eigenvalue weighted by Crippen LogP contribution is 2.24. The molecule has 13 heavy (non-hydrogen) atoms. The summed E-state index contributed by atoms with van der Waals surface area (Å²) in [5, 5.41) is 5.97. The van der Waals surface area contributed by atoms with Gasteiger partial charge in [-0.15, -0.1) is 0 Å². The first-order valence-corrected chi connectivity index (χ1v) is 4.47. The molecule has 0 aliphatic carbocycles. The van der Waals surface area contributed by atoms with Gasteiger partial charge in [-0.2, -0.15) is 0 Å². The van der Waals surface area contributed by atoms with Gasteiger partial charge in [0.25, 0.3) is 0 Å². The van der Waals surface area contributed by atoms with Crippen LogP contribution < -0.4 is 10.6 Å². The molecule has 68 valence electrons. The summed E-state index contributed by atoms with van der Waals surface area (Å²) >= 11 is 0. The summed E-state index contributed by atoms with van der Waals surface area (Å²) in [7, 11) is 0. The number of anilines is 2. The molecule has 0 saturated heterocycles. The van der Waals surface area contributed by atoms with Gasteiger partial charge in [-0.1, -0.05) is 0 Å². The van der Waals surface area contributed by atoms with Crippen molar-refractivity contribution >= 4 is 17.8 Å². The van der Waals surface area contributed by atoms with Crippen molar-refractivity contribution in [2.24, 2.45) is 0 Å². The van der Waals surface area contributed by atoms with Crippen molar-refractivity contribution in [2.75, 3.05) is 17.2 Å². The quantitative estimate of drug-likeness (QED) is 0.672. The summed E-state index contributed by atoms with van der Waals surface area (Å²) < 4.78 is 0. The lowest BCUT2D eigenvalue weighted by atomic mass is 10.0. The van der Waals surface area contributed by atoms with Crippen molar-refractivity contribution in [2.45, 2.75) is 12.8 Å². The fourth-order valence-corrected chi connectivity index (χ4v) is 1.63. The molecular formula is C10H12N2O. The van der Waals surface area contributed by atoms with E-state index < -0.39 is 0 Å². The van der Waals surface area contributed by atoms with Gasteiger partial charge >= 0.3 is 0 Å². The van der Waals surface area contributed by atoms with E-state index in [0.717, 1.165) is 25.1 Å². The van der Waals surface area contributed by atoms with Crippen molar-refractivity contribution in [1.82, 2.24) is 0 Å². The Labute approximate surface area is 77.1 Å². The molecule has 0 fully saturated rings. The van der Waals surface area contributed by atoms with Crippen LogP contribution in [0, 0.1) is 0 Å². The van der Waals surface area contributed by atoms with Crippen molar-refractivity contribution in [3.8, 4) is 0 Å². The van der Waals surface area contributed by atoms with Crippen LogP contribution in [0.5, 0.6) is 0 Å². The molecule has 0 aromatic heterocycles. The average molecular weight is 176 g/mol. The zero-order valence-electron chi connectivity index (χ0n) is 7.34. The largest absolute Gasteiger partial charge is 0.385 e. The third-order valence-corrected chi connectivity index (χ3v) is 2.27. The molecule has 1 aromatic rings. The van der Waals surface area contributed by atoms with Gasteiger partial charge < -0.3 is 10.6 Å². The highest BCUT2D eigenvalue weighted by atomic mass is 16.1. The number of aryl methyl sites for hydroxylation is 1. The predicted octanol–water partition coefficient (Wildman–Crippen LogP) is 1.61. The van der Waals surface area contributed by atoms with E-state index in [0.29, 0.717) is 6.41 Å². The van der Waals surface area contributed by atoms with E-state index in [4.69, 9.17) is 0 Å². The number of rotatable bonds is 2. The first-order chi connectivity index (χ1) is 6.40. The molecule has 1 amide bonds. The van der Waals surface area contributed by atoms with Gasteiger partial charge in [-0.3, -0.25) is 4.79 Å². The molecule has 3 nitrogen and oxygen atoms in total. The molecule has 2 N–H and O–H groups in total. The minimum absolute atomic E-state index is 0.706. The number of benzene rings is 1. The van der Waals surface area contributed by atoms with E-state index in [1.54, 1.807) is 0 Å². The highest BCUT2D eigenvalue weighted by Gasteiger charge is 2.07. The number of amides is 1. The van der Waals surface area contributed by atoms with E-state index in [2.05, 4.69) is 10.6 Å². The summed E-state index contributed by atoms with van der Waals surface area (Å²) in [5.41, 5.74) is 3.36. The number of hydrogen-bond acceptors (Lipinski definition) is 2. The van der Waals surface area contributed by atoms with E-state index in [1.165, 1.54) is 11.3 Å². The smallest absolute Gasteiger partial charge is 0.211 e. The summed E-state index contributed by atoms with van der Waals surface area (Å²) in [5.74, 6) is 0. The molecule has 0 spiro atoms. The third-order valence-electron chi connectivity index (χ3n) is 2.27. The van der Waals surface area contributed by atoms with E-state index in [1.807, 2.05) is 18.2 Å². The molecule has 2 rings (SSSR count). The average Bonchev–Trinajstić information content (AvgIpc) is 2.18. The predicted molar refractivity (Wildman–Crippen MR) is 52.9 cm³/mol. The zero-order valence-corrected chi connectivity index (χ0v) is 7.34. The Hall–Kier alpha value is -1.51. The van der Waals surface area contributed by atoms with Gasteiger partial charge in [0.05, 0.1) is 0 Å². The Kier molecular flexibility index (Phi) is 2.17. The van der Waals surface area contributed by atoms with Crippen LogP contribution in [0.2, 0.25) is 0 Å². The molecule has 1 heterocycles. The zero-order chi connectivity index (χ0) is 9.10. The Balaban J connectivity index is 2.29. The molecule has 3 heteroatoms. The summed E-state index contributed by atoms with van der Waals surface area (Å²) in [4.78, 5) is 10.2. The topological polar surface area (TPSA) is 41.1 Å². The third kappa shape index (κ3) is 1.64. The maximum atomic E-state index is 10.2. The molecule has 1 aliphatic rings. The van der Waals surface area contributed by atoms with E-state index in [-0.39, 0.29) is 0 Å².